The summed E-state index contributed by atoms with van der Waals surface area (Å²) in [6.45, 7) is 0. The largest absolute Gasteiger partial charge is 0.455 e. The maximum atomic E-state index is 6.88. The first-order valence-electron chi connectivity index (χ1n) is 18.0. The number of anilines is 3. The SMILES string of the molecule is c1cc(-c2ccc3ccccc3c2)cc(N(c2ccccc2-c2cccc3c2oc2c4ccccc4ccc32)c2cccc3c2oc2ccccc23)c1. The molecule has 2 heterocycles. The Bertz CT molecular complexity index is 3200. The third-order valence-electron chi connectivity index (χ3n) is 10.6. The molecule has 0 bridgehead atoms. The maximum absolute atomic E-state index is 6.88. The van der Waals surface area contributed by atoms with Gasteiger partial charge in [0.1, 0.15) is 16.7 Å². The van der Waals surface area contributed by atoms with Crippen LogP contribution in [0.25, 0.3) is 87.7 Å². The van der Waals surface area contributed by atoms with E-state index < -0.39 is 0 Å². The van der Waals surface area contributed by atoms with Crippen LogP contribution in [0.2, 0.25) is 0 Å². The van der Waals surface area contributed by atoms with E-state index in [9.17, 15) is 0 Å². The molecule has 0 saturated heterocycles. The molecular weight excluding hydrogens is 647 g/mol. The van der Waals surface area contributed by atoms with Crippen LogP contribution in [0.5, 0.6) is 0 Å². The van der Waals surface area contributed by atoms with E-state index >= 15 is 0 Å². The highest BCUT2D eigenvalue weighted by atomic mass is 16.3. The van der Waals surface area contributed by atoms with Crippen LogP contribution < -0.4 is 4.90 Å². The minimum absolute atomic E-state index is 0.841. The van der Waals surface area contributed by atoms with Crippen molar-refractivity contribution < 1.29 is 8.83 Å². The predicted molar refractivity (Wildman–Crippen MR) is 222 cm³/mol. The van der Waals surface area contributed by atoms with Crippen LogP contribution in [-0.4, -0.2) is 0 Å². The number of hydrogen-bond acceptors (Lipinski definition) is 3. The van der Waals surface area contributed by atoms with Crippen LogP contribution in [0.4, 0.5) is 17.1 Å². The molecule has 0 fully saturated rings. The molecule has 0 unspecified atom stereocenters. The summed E-state index contributed by atoms with van der Waals surface area (Å²) < 4.78 is 13.6. The lowest BCUT2D eigenvalue weighted by molar-refractivity contribution is 0.669. The smallest absolute Gasteiger partial charge is 0.159 e. The molecule has 0 spiro atoms. The van der Waals surface area contributed by atoms with Crippen LogP contribution >= 0.6 is 0 Å². The Morgan fingerprint density at radius 3 is 1.87 bits per heavy atom. The minimum Gasteiger partial charge on any atom is -0.455 e. The number of para-hydroxylation sites is 4. The minimum atomic E-state index is 0.841. The Kier molecular flexibility index (Phi) is 6.55. The molecule has 9 aromatic carbocycles. The Morgan fingerprint density at radius 2 is 0.943 bits per heavy atom. The lowest BCUT2D eigenvalue weighted by Gasteiger charge is -2.28. The highest BCUT2D eigenvalue weighted by Gasteiger charge is 2.24. The van der Waals surface area contributed by atoms with E-state index in [1.807, 2.05) is 12.1 Å². The second-order valence-electron chi connectivity index (χ2n) is 13.7. The summed E-state index contributed by atoms with van der Waals surface area (Å²) in [5, 5.41) is 9.12. The third-order valence-corrected chi connectivity index (χ3v) is 10.6. The molecule has 3 nitrogen and oxygen atoms in total. The van der Waals surface area contributed by atoms with Gasteiger partial charge in [0.2, 0.25) is 0 Å². The van der Waals surface area contributed by atoms with Gasteiger partial charge < -0.3 is 13.7 Å². The highest BCUT2D eigenvalue weighted by molar-refractivity contribution is 6.18. The molecule has 11 aromatic rings. The summed E-state index contributed by atoms with van der Waals surface area (Å²) in [6, 6.07) is 66.7. The van der Waals surface area contributed by atoms with Gasteiger partial charge in [-0.25, -0.2) is 0 Å². The average molecular weight is 678 g/mol. The van der Waals surface area contributed by atoms with E-state index in [4.69, 9.17) is 8.83 Å². The van der Waals surface area contributed by atoms with Crippen LogP contribution in [0.3, 0.4) is 0 Å². The van der Waals surface area contributed by atoms with Gasteiger partial charge >= 0.3 is 0 Å². The fourth-order valence-electron chi connectivity index (χ4n) is 8.14. The lowest BCUT2D eigenvalue weighted by Crippen LogP contribution is -2.11. The van der Waals surface area contributed by atoms with Gasteiger partial charge in [0.25, 0.3) is 0 Å². The number of nitrogens with zero attached hydrogens (tertiary/aromatic N) is 1. The van der Waals surface area contributed by atoms with Crippen molar-refractivity contribution in [3.8, 4) is 22.3 Å². The van der Waals surface area contributed by atoms with Gasteiger partial charge in [-0.1, -0.05) is 146 Å². The Labute approximate surface area is 305 Å². The van der Waals surface area contributed by atoms with Crippen molar-refractivity contribution in [2.24, 2.45) is 0 Å². The van der Waals surface area contributed by atoms with Crippen LogP contribution in [0.15, 0.2) is 197 Å². The van der Waals surface area contributed by atoms with Crippen molar-refractivity contribution in [3.63, 3.8) is 0 Å². The Morgan fingerprint density at radius 1 is 0.321 bits per heavy atom. The van der Waals surface area contributed by atoms with E-state index in [2.05, 4.69) is 181 Å². The monoisotopic (exact) mass is 677 g/mol. The van der Waals surface area contributed by atoms with Crippen molar-refractivity contribution in [1.82, 2.24) is 0 Å². The van der Waals surface area contributed by atoms with Gasteiger partial charge in [-0.2, -0.15) is 0 Å². The fourth-order valence-corrected chi connectivity index (χ4v) is 8.14. The zero-order valence-corrected chi connectivity index (χ0v) is 28.7. The highest BCUT2D eigenvalue weighted by Crippen LogP contribution is 2.48. The summed E-state index contributed by atoms with van der Waals surface area (Å²) in [7, 11) is 0. The molecule has 0 radical (unpaired) electrons. The van der Waals surface area contributed by atoms with E-state index in [0.29, 0.717) is 0 Å². The summed E-state index contributed by atoms with van der Waals surface area (Å²) in [4.78, 5) is 2.35. The van der Waals surface area contributed by atoms with Gasteiger partial charge in [-0.15, -0.1) is 0 Å². The summed E-state index contributed by atoms with van der Waals surface area (Å²) >= 11 is 0. The molecule has 2 aromatic heterocycles. The van der Waals surface area contributed by atoms with Crippen molar-refractivity contribution in [1.29, 1.82) is 0 Å². The third kappa shape index (κ3) is 4.68. The molecule has 3 heteroatoms. The average Bonchev–Trinajstić information content (AvgIpc) is 3.81. The standard InChI is InChI=1S/C50H31NO2/c1-2-14-34-30-36(27-26-32(34)12-1)35-15-9-16-37(31-35)51(46-24-11-22-42-40-19-6-8-25-47(40)52-50(42)46)45-23-7-5-18-39(45)41-20-10-21-43-44-29-28-33-13-3-4-17-38(33)48(44)53-49(41)43/h1-31H. The second kappa shape index (κ2) is 11.7. The van der Waals surface area contributed by atoms with Gasteiger partial charge in [-0.05, 0) is 69.8 Å². The van der Waals surface area contributed by atoms with E-state index in [-0.39, 0.29) is 0 Å². The maximum Gasteiger partial charge on any atom is 0.159 e. The summed E-state index contributed by atoms with van der Waals surface area (Å²) in [6.07, 6.45) is 0. The van der Waals surface area contributed by atoms with Crippen molar-refractivity contribution >= 4 is 82.5 Å². The van der Waals surface area contributed by atoms with Crippen molar-refractivity contribution in [2.75, 3.05) is 4.90 Å². The zero-order valence-electron chi connectivity index (χ0n) is 28.7. The quantitative estimate of drug-likeness (QED) is 0.182. The molecule has 0 atom stereocenters. The normalized spacial score (nSPS) is 11.8. The molecule has 0 aliphatic heterocycles. The fraction of sp³-hybridized carbons (Fsp3) is 0. The molecule has 53 heavy (non-hydrogen) atoms. The molecule has 0 saturated carbocycles. The summed E-state index contributed by atoms with van der Waals surface area (Å²) in [5.74, 6) is 0. The van der Waals surface area contributed by atoms with Gasteiger partial charge in [-0.3, -0.25) is 0 Å². The van der Waals surface area contributed by atoms with Crippen molar-refractivity contribution in [2.45, 2.75) is 0 Å². The number of furan rings is 2. The predicted octanol–water partition coefficient (Wildman–Crippen LogP) is 14.6. The molecule has 0 aliphatic carbocycles. The molecule has 11 rings (SSSR count). The van der Waals surface area contributed by atoms with Crippen LogP contribution in [0.1, 0.15) is 0 Å². The van der Waals surface area contributed by atoms with Crippen molar-refractivity contribution in [3.05, 3.63) is 188 Å². The Balaban J connectivity index is 1.17. The second-order valence-corrected chi connectivity index (χ2v) is 13.7. The number of rotatable bonds is 5. The van der Waals surface area contributed by atoms with Gasteiger partial charge in [0, 0.05) is 43.7 Å². The number of benzene rings is 9. The Hall–Kier alpha value is -7.10. The molecule has 0 amide bonds. The van der Waals surface area contributed by atoms with Gasteiger partial charge in [0.15, 0.2) is 5.58 Å². The van der Waals surface area contributed by atoms with E-state index in [1.165, 1.54) is 16.3 Å². The lowest BCUT2D eigenvalue weighted by atomic mass is 9.98. The van der Waals surface area contributed by atoms with Crippen LogP contribution in [-0.2, 0) is 0 Å². The first-order valence-corrected chi connectivity index (χ1v) is 18.0. The molecule has 248 valence electrons. The summed E-state index contributed by atoms with van der Waals surface area (Å²) in [5.41, 5.74) is 10.9. The first-order chi connectivity index (χ1) is 26.3. The zero-order chi connectivity index (χ0) is 34.9. The molecule has 0 aliphatic rings. The number of fused-ring (bicyclic) bond motifs is 9. The van der Waals surface area contributed by atoms with E-state index in [0.717, 1.165) is 88.4 Å². The molecule has 0 N–H and O–H groups in total. The number of hydrogen-bond donors (Lipinski definition) is 0. The van der Waals surface area contributed by atoms with Gasteiger partial charge in [0.05, 0.1) is 11.4 Å². The van der Waals surface area contributed by atoms with Crippen LogP contribution in [0, 0.1) is 0 Å². The first kappa shape index (κ1) is 29.6. The van der Waals surface area contributed by atoms with E-state index in [1.54, 1.807) is 0 Å². The topological polar surface area (TPSA) is 29.5 Å². The molecular formula is C50H31NO2.